The zero-order chi connectivity index (χ0) is 10.3. The van der Waals surface area contributed by atoms with Crippen molar-refractivity contribution < 1.29 is 0 Å². The van der Waals surface area contributed by atoms with E-state index in [0.29, 0.717) is 0 Å². The maximum Gasteiger partial charge on any atom is 0.0453 e. The number of aromatic nitrogens is 1. The second kappa shape index (κ2) is 3.13. The molecule has 2 aromatic heterocycles. The van der Waals surface area contributed by atoms with Crippen molar-refractivity contribution in [3.63, 3.8) is 0 Å². The van der Waals surface area contributed by atoms with Crippen LogP contribution in [0.5, 0.6) is 0 Å². The number of fused-ring (bicyclic) bond motifs is 1. The zero-order valence-corrected chi connectivity index (χ0v) is 10.3. The second-order valence-corrected chi connectivity index (χ2v) is 5.57. The first-order valence-corrected chi connectivity index (χ1v) is 5.54. The molecule has 0 aliphatic rings. The van der Waals surface area contributed by atoms with Gasteiger partial charge in [-0.05, 0) is 45.1 Å². The fourth-order valence-corrected chi connectivity index (χ4v) is 1.85. The normalized spacial score (nSPS) is 12.3. The minimum absolute atomic E-state index is 0.221. The molecule has 0 radical (unpaired) electrons. The molecule has 0 amide bonds. The zero-order valence-electron chi connectivity index (χ0n) is 8.71. The van der Waals surface area contributed by atoms with Crippen LogP contribution in [0.25, 0.3) is 5.52 Å². The lowest BCUT2D eigenvalue weighted by atomic mass is 9.89. The van der Waals surface area contributed by atoms with E-state index in [2.05, 4.69) is 71.7 Å². The Morgan fingerprint density at radius 2 is 1.86 bits per heavy atom. The van der Waals surface area contributed by atoms with Gasteiger partial charge in [0.2, 0.25) is 0 Å². The topological polar surface area (TPSA) is 4.41 Å². The van der Waals surface area contributed by atoms with E-state index in [1.54, 1.807) is 0 Å². The Hall–Kier alpha value is -0.760. The first-order chi connectivity index (χ1) is 6.47. The van der Waals surface area contributed by atoms with Gasteiger partial charge < -0.3 is 4.40 Å². The summed E-state index contributed by atoms with van der Waals surface area (Å²) in [6, 6.07) is 6.44. The van der Waals surface area contributed by atoms with Gasteiger partial charge >= 0.3 is 0 Å². The van der Waals surface area contributed by atoms with Crippen molar-refractivity contribution >= 4 is 21.4 Å². The molecule has 0 unspecified atom stereocenters. The summed E-state index contributed by atoms with van der Waals surface area (Å²) < 4.78 is 3.27. The average Bonchev–Trinajstić information content (AvgIpc) is 2.45. The Balaban J connectivity index is 2.63. The fraction of sp³-hybridized carbons (Fsp3) is 0.333. The van der Waals surface area contributed by atoms with Crippen molar-refractivity contribution in [1.82, 2.24) is 4.40 Å². The van der Waals surface area contributed by atoms with E-state index < -0.39 is 0 Å². The van der Waals surface area contributed by atoms with E-state index >= 15 is 0 Å². The van der Waals surface area contributed by atoms with Crippen LogP contribution in [0.2, 0.25) is 0 Å². The maximum absolute atomic E-state index is 3.47. The summed E-state index contributed by atoms with van der Waals surface area (Å²) >= 11 is 3.47. The van der Waals surface area contributed by atoms with E-state index in [4.69, 9.17) is 0 Å². The first kappa shape index (κ1) is 9.78. The minimum atomic E-state index is 0.221. The van der Waals surface area contributed by atoms with Crippen LogP contribution < -0.4 is 0 Å². The molecule has 0 aromatic carbocycles. The van der Waals surface area contributed by atoms with Gasteiger partial charge in [0.1, 0.15) is 0 Å². The van der Waals surface area contributed by atoms with Gasteiger partial charge in [0, 0.05) is 22.4 Å². The van der Waals surface area contributed by atoms with Crippen LogP contribution in [0.4, 0.5) is 0 Å². The molecule has 0 spiro atoms. The molecule has 14 heavy (non-hydrogen) atoms. The molecule has 0 bridgehead atoms. The van der Waals surface area contributed by atoms with Crippen molar-refractivity contribution in [3.8, 4) is 0 Å². The summed E-state index contributed by atoms with van der Waals surface area (Å²) in [5.74, 6) is 0. The number of rotatable bonds is 0. The number of nitrogens with zero attached hydrogens (tertiary/aromatic N) is 1. The number of hydrogen-bond acceptors (Lipinski definition) is 0. The van der Waals surface area contributed by atoms with Gasteiger partial charge in [-0.25, -0.2) is 0 Å². The van der Waals surface area contributed by atoms with Crippen LogP contribution in [0.1, 0.15) is 26.3 Å². The Bertz CT molecular complexity index is 463. The molecular weight excluding hydrogens is 238 g/mol. The highest BCUT2D eigenvalue weighted by Gasteiger charge is 2.15. The maximum atomic E-state index is 3.47. The van der Waals surface area contributed by atoms with E-state index in [0.717, 1.165) is 4.47 Å². The quantitative estimate of drug-likeness (QED) is 0.667. The van der Waals surface area contributed by atoms with Crippen molar-refractivity contribution in [2.45, 2.75) is 26.2 Å². The third-order valence-corrected chi connectivity index (χ3v) is 2.89. The van der Waals surface area contributed by atoms with E-state index in [9.17, 15) is 0 Å². The number of hydrogen-bond donors (Lipinski definition) is 0. The smallest absolute Gasteiger partial charge is 0.0453 e. The summed E-state index contributed by atoms with van der Waals surface area (Å²) in [6.45, 7) is 6.70. The largest absolute Gasteiger partial charge is 0.322 e. The molecule has 1 nitrogen and oxygen atoms in total. The summed E-state index contributed by atoms with van der Waals surface area (Å²) in [6.07, 6.45) is 4.28. The van der Waals surface area contributed by atoms with E-state index in [1.165, 1.54) is 11.1 Å². The standard InChI is InChI=1S/C12H14BrN/c1-12(2,3)9-6-11-5-4-10(13)8-14(11)7-9/h4-8H,1-3H3. The average molecular weight is 252 g/mol. The molecule has 2 rings (SSSR count). The fourth-order valence-electron chi connectivity index (χ4n) is 1.49. The van der Waals surface area contributed by atoms with Gasteiger partial charge in [0.15, 0.2) is 0 Å². The third kappa shape index (κ3) is 1.71. The van der Waals surface area contributed by atoms with Crippen LogP contribution in [-0.2, 0) is 5.41 Å². The highest BCUT2D eigenvalue weighted by atomic mass is 79.9. The highest BCUT2D eigenvalue weighted by Crippen LogP contribution is 2.25. The van der Waals surface area contributed by atoms with Crippen molar-refractivity contribution in [1.29, 1.82) is 0 Å². The second-order valence-electron chi connectivity index (χ2n) is 4.66. The van der Waals surface area contributed by atoms with Gasteiger partial charge in [-0.15, -0.1) is 0 Å². The van der Waals surface area contributed by atoms with Crippen LogP contribution in [-0.4, -0.2) is 4.40 Å². The minimum Gasteiger partial charge on any atom is -0.322 e. The van der Waals surface area contributed by atoms with Gasteiger partial charge in [0.05, 0.1) is 0 Å². The molecule has 0 fully saturated rings. The molecule has 74 valence electrons. The Morgan fingerprint density at radius 3 is 2.50 bits per heavy atom. The van der Waals surface area contributed by atoms with Crippen LogP contribution >= 0.6 is 15.9 Å². The van der Waals surface area contributed by atoms with Crippen molar-refractivity contribution in [3.05, 3.63) is 40.6 Å². The molecular formula is C12H14BrN. The first-order valence-electron chi connectivity index (χ1n) is 4.74. The van der Waals surface area contributed by atoms with Crippen molar-refractivity contribution in [2.24, 2.45) is 0 Å². The number of pyridine rings is 1. The van der Waals surface area contributed by atoms with Crippen LogP contribution in [0, 0.1) is 0 Å². The third-order valence-electron chi connectivity index (χ3n) is 2.42. The lowest BCUT2D eigenvalue weighted by Crippen LogP contribution is -2.09. The Morgan fingerprint density at radius 1 is 1.14 bits per heavy atom. The van der Waals surface area contributed by atoms with E-state index in [-0.39, 0.29) is 5.41 Å². The highest BCUT2D eigenvalue weighted by molar-refractivity contribution is 9.10. The van der Waals surface area contributed by atoms with Gasteiger partial charge in [-0.3, -0.25) is 0 Å². The van der Waals surface area contributed by atoms with E-state index in [1.807, 2.05) is 0 Å². The Labute approximate surface area is 92.9 Å². The lowest BCUT2D eigenvalue weighted by Gasteiger charge is -2.15. The molecule has 0 atom stereocenters. The van der Waals surface area contributed by atoms with Gasteiger partial charge in [0.25, 0.3) is 0 Å². The van der Waals surface area contributed by atoms with Crippen LogP contribution in [0.3, 0.4) is 0 Å². The lowest BCUT2D eigenvalue weighted by molar-refractivity contribution is 0.590. The predicted octanol–water partition coefficient (Wildman–Crippen LogP) is 4.00. The predicted molar refractivity (Wildman–Crippen MR) is 63.8 cm³/mol. The molecule has 2 aromatic rings. The molecule has 0 saturated carbocycles. The Kier molecular flexibility index (Phi) is 2.18. The summed E-state index contributed by atoms with van der Waals surface area (Å²) in [5.41, 5.74) is 2.84. The molecule has 0 aliphatic carbocycles. The summed E-state index contributed by atoms with van der Waals surface area (Å²) in [4.78, 5) is 0. The molecule has 2 heterocycles. The van der Waals surface area contributed by atoms with Crippen molar-refractivity contribution in [2.75, 3.05) is 0 Å². The van der Waals surface area contributed by atoms with Gasteiger partial charge in [-0.1, -0.05) is 20.8 Å². The number of halogens is 1. The van der Waals surface area contributed by atoms with Crippen LogP contribution in [0.15, 0.2) is 35.1 Å². The molecule has 2 heteroatoms. The molecule has 0 N–H and O–H groups in total. The summed E-state index contributed by atoms with van der Waals surface area (Å²) in [7, 11) is 0. The SMILES string of the molecule is CC(C)(C)c1cc2ccc(Br)cn2c1. The molecule has 0 saturated heterocycles. The summed E-state index contributed by atoms with van der Waals surface area (Å²) in [5, 5.41) is 0. The van der Waals surface area contributed by atoms with Gasteiger partial charge in [-0.2, -0.15) is 0 Å². The monoisotopic (exact) mass is 251 g/mol. The molecule has 0 aliphatic heterocycles.